The standard InChI is InChI=1S/C4H9NO2S/c1-4(8)2-3-7-5-6/h4,8H,2-3H2,1H3. The normalized spacial score (nSPS) is 12.8. The molecule has 0 saturated carbocycles. The molecule has 0 aromatic heterocycles. The van der Waals surface area contributed by atoms with Gasteiger partial charge in [0.1, 0.15) is 6.61 Å². The van der Waals surface area contributed by atoms with Crippen molar-refractivity contribution >= 4 is 12.6 Å². The smallest absolute Gasteiger partial charge is 0.155 e. The lowest BCUT2D eigenvalue weighted by Gasteiger charge is -1.97. The van der Waals surface area contributed by atoms with Crippen LogP contribution in [0, 0.1) is 4.91 Å². The second kappa shape index (κ2) is 4.90. The molecule has 8 heavy (non-hydrogen) atoms. The molecule has 0 rings (SSSR count). The molecule has 48 valence electrons. The van der Waals surface area contributed by atoms with Gasteiger partial charge in [0.15, 0.2) is 5.34 Å². The minimum absolute atomic E-state index is 0.275. The van der Waals surface area contributed by atoms with Crippen LogP contribution in [-0.4, -0.2) is 11.9 Å². The molecule has 0 amide bonds. The lowest BCUT2D eigenvalue weighted by Crippen LogP contribution is -1.96. The van der Waals surface area contributed by atoms with Crippen LogP contribution in [0.1, 0.15) is 13.3 Å². The lowest BCUT2D eigenvalue weighted by molar-refractivity contribution is 0.137. The third-order valence-electron chi connectivity index (χ3n) is 0.680. The summed E-state index contributed by atoms with van der Waals surface area (Å²) in [5.41, 5.74) is 0. The largest absolute Gasteiger partial charge is 0.364 e. The average molecular weight is 135 g/mol. The molecule has 0 aromatic rings. The molecule has 0 aliphatic carbocycles. The molecule has 0 spiro atoms. The Morgan fingerprint density at radius 2 is 2.50 bits per heavy atom. The third-order valence-corrected chi connectivity index (χ3v) is 0.938. The van der Waals surface area contributed by atoms with Crippen molar-refractivity contribution in [2.75, 3.05) is 6.61 Å². The Bertz CT molecular complexity index is 67.1. The van der Waals surface area contributed by atoms with Gasteiger partial charge in [0.25, 0.3) is 0 Å². The monoisotopic (exact) mass is 135 g/mol. The van der Waals surface area contributed by atoms with E-state index >= 15 is 0 Å². The zero-order chi connectivity index (χ0) is 6.41. The van der Waals surface area contributed by atoms with E-state index in [4.69, 9.17) is 0 Å². The van der Waals surface area contributed by atoms with Gasteiger partial charge in [-0.2, -0.15) is 12.6 Å². The highest BCUT2D eigenvalue weighted by Crippen LogP contribution is 1.98. The molecular weight excluding hydrogens is 126 g/mol. The highest BCUT2D eigenvalue weighted by molar-refractivity contribution is 7.80. The topological polar surface area (TPSA) is 38.7 Å². The van der Waals surface area contributed by atoms with Gasteiger partial charge >= 0.3 is 0 Å². The predicted octanol–water partition coefficient (Wildman–Crippen LogP) is 1.39. The molecule has 1 atom stereocenters. The molecule has 0 aliphatic heterocycles. The van der Waals surface area contributed by atoms with Crippen LogP contribution in [0.5, 0.6) is 0 Å². The molecule has 0 N–H and O–H groups in total. The molecule has 0 aliphatic rings. The Morgan fingerprint density at radius 1 is 1.88 bits per heavy atom. The first-order valence-electron chi connectivity index (χ1n) is 2.40. The summed E-state index contributed by atoms with van der Waals surface area (Å²) in [6.07, 6.45) is 0.759. The first-order valence-corrected chi connectivity index (χ1v) is 2.91. The maximum Gasteiger partial charge on any atom is 0.155 e. The quantitative estimate of drug-likeness (QED) is 0.274. The molecule has 4 heteroatoms. The fraction of sp³-hybridized carbons (Fsp3) is 1.00. The molecule has 1 unspecified atom stereocenters. The Morgan fingerprint density at radius 3 is 2.88 bits per heavy atom. The van der Waals surface area contributed by atoms with E-state index in [1.165, 1.54) is 0 Å². The molecule has 0 radical (unpaired) electrons. The van der Waals surface area contributed by atoms with Crippen LogP contribution < -0.4 is 0 Å². The van der Waals surface area contributed by atoms with Gasteiger partial charge in [0.2, 0.25) is 0 Å². The molecule has 0 aromatic carbocycles. The van der Waals surface area contributed by atoms with Crippen molar-refractivity contribution in [3.05, 3.63) is 4.91 Å². The summed E-state index contributed by atoms with van der Waals surface area (Å²) >= 11 is 4.05. The van der Waals surface area contributed by atoms with E-state index in [-0.39, 0.29) is 5.25 Å². The van der Waals surface area contributed by atoms with Crippen molar-refractivity contribution in [1.82, 2.24) is 0 Å². The van der Waals surface area contributed by atoms with Gasteiger partial charge < -0.3 is 4.84 Å². The SMILES string of the molecule is CC(S)CCON=O. The van der Waals surface area contributed by atoms with Gasteiger partial charge in [-0.05, 0) is 6.42 Å². The number of hydrogen-bond donors (Lipinski definition) is 1. The number of hydrogen-bond acceptors (Lipinski definition) is 4. The second-order valence-electron chi connectivity index (χ2n) is 1.55. The zero-order valence-electron chi connectivity index (χ0n) is 4.70. The van der Waals surface area contributed by atoms with Gasteiger partial charge in [-0.3, -0.25) is 0 Å². The summed E-state index contributed by atoms with van der Waals surface area (Å²) in [6.45, 7) is 2.30. The van der Waals surface area contributed by atoms with E-state index < -0.39 is 0 Å². The van der Waals surface area contributed by atoms with Crippen LogP contribution in [0.2, 0.25) is 0 Å². The van der Waals surface area contributed by atoms with Crippen molar-refractivity contribution in [2.24, 2.45) is 5.34 Å². The van der Waals surface area contributed by atoms with Gasteiger partial charge in [0.05, 0.1) is 0 Å². The van der Waals surface area contributed by atoms with Crippen LogP contribution >= 0.6 is 12.6 Å². The summed E-state index contributed by atoms with van der Waals surface area (Å²) < 4.78 is 0. The minimum Gasteiger partial charge on any atom is -0.364 e. The minimum atomic E-state index is 0.275. The molecular formula is C4H9NO2S. The summed E-state index contributed by atoms with van der Waals surface area (Å²) in [5, 5.41) is 2.50. The van der Waals surface area contributed by atoms with Crippen molar-refractivity contribution in [1.29, 1.82) is 0 Å². The van der Waals surface area contributed by atoms with E-state index in [9.17, 15) is 4.91 Å². The summed E-state index contributed by atoms with van der Waals surface area (Å²) in [4.78, 5) is 13.5. The van der Waals surface area contributed by atoms with E-state index in [1.807, 2.05) is 6.92 Å². The highest BCUT2D eigenvalue weighted by Gasteiger charge is 1.92. The molecule has 0 saturated heterocycles. The van der Waals surface area contributed by atoms with E-state index in [1.54, 1.807) is 0 Å². The van der Waals surface area contributed by atoms with E-state index in [0.29, 0.717) is 6.61 Å². The predicted molar refractivity (Wildman–Crippen MR) is 34.8 cm³/mol. The Labute approximate surface area is 53.8 Å². The molecule has 0 bridgehead atoms. The Kier molecular flexibility index (Phi) is 4.75. The van der Waals surface area contributed by atoms with Crippen molar-refractivity contribution in [3.63, 3.8) is 0 Å². The van der Waals surface area contributed by atoms with Crippen molar-refractivity contribution in [2.45, 2.75) is 18.6 Å². The number of nitrogens with zero attached hydrogens (tertiary/aromatic N) is 1. The first kappa shape index (κ1) is 7.75. The van der Waals surface area contributed by atoms with Crippen molar-refractivity contribution in [3.8, 4) is 0 Å². The third kappa shape index (κ3) is 5.75. The Balaban J connectivity index is 2.81. The number of rotatable bonds is 4. The van der Waals surface area contributed by atoms with E-state index in [0.717, 1.165) is 6.42 Å². The fourth-order valence-corrected chi connectivity index (χ4v) is 0.366. The lowest BCUT2D eigenvalue weighted by atomic mass is 10.3. The van der Waals surface area contributed by atoms with Gasteiger partial charge in [-0.25, -0.2) is 0 Å². The number of thiol groups is 1. The van der Waals surface area contributed by atoms with Gasteiger partial charge in [0, 0.05) is 5.25 Å². The Hall–Kier alpha value is -0.250. The highest BCUT2D eigenvalue weighted by atomic mass is 32.1. The zero-order valence-corrected chi connectivity index (χ0v) is 5.60. The summed E-state index contributed by atoms with van der Waals surface area (Å²) in [6, 6.07) is 0. The van der Waals surface area contributed by atoms with E-state index in [2.05, 4.69) is 22.8 Å². The van der Waals surface area contributed by atoms with Gasteiger partial charge in [-0.15, -0.1) is 4.91 Å². The maximum absolute atomic E-state index is 9.29. The summed E-state index contributed by atoms with van der Waals surface area (Å²) in [5.74, 6) is 0. The summed E-state index contributed by atoms with van der Waals surface area (Å²) in [7, 11) is 0. The second-order valence-corrected chi connectivity index (χ2v) is 2.43. The molecule has 0 heterocycles. The van der Waals surface area contributed by atoms with Crippen LogP contribution in [0.25, 0.3) is 0 Å². The van der Waals surface area contributed by atoms with Crippen LogP contribution in [0.3, 0.4) is 0 Å². The van der Waals surface area contributed by atoms with Crippen molar-refractivity contribution < 1.29 is 4.84 Å². The van der Waals surface area contributed by atoms with Gasteiger partial charge in [-0.1, -0.05) is 6.92 Å². The maximum atomic E-state index is 9.29. The molecule has 0 fully saturated rings. The molecule has 3 nitrogen and oxygen atoms in total. The first-order chi connectivity index (χ1) is 3.77. The van der Waals surface area contributed by atoms with Crippen LogP contribution in [0.15, 0.2) is 5.34 Å². The average Bonchev–Trinajstić information content (AvgIpc) is 1.66. The van der Waals surface area contributed by atoms with Crippen LogP contribution in [-0.2, 0) is 4.84 Å². The van der Waals surface area contributed by atoms with Crippen LogP contribution in [0.4, 0.5) is 0 Å². The fourth-order valence-electron chi connectivity index (χ4n) is 0.261.